The molecule has 2 aliphatic heterocycles. The number of hydrogen-bond acceptors (Lipinski definition) is 14. The van der Waals surface area contributed by atoms with Crippen molar-refractivity contribution in [1.82, 2.24) is 0 Å². The van der Waals surface area contributed by atoms with E-state index in [1.165, 1.54) is 0 Å². The number of aliphatic hydroxyl groups excluding tert-OH is 10. The van der Waals surface area contributed by atoms with Crippen LogP contribution in [-0.4, -0.2) is 135 Å². The molecule has 2 rings (SSSR count). The van der Waals surface area contributed by atoms with Crippen LogP contribution < -0.4 is 0 Å². The van der Waals surface area contributed by atoms with E-state index in [0.717, 1.165) is 0 Å². The van der Waals surface area contributed by atoms with Gasteiger partial charge < -0.3 is 70.3 Å². The molecule has 2 aliphatic rings. The van der Waals surface area contributed by atoms with Crippen molar-refractivity contribution in [3.8, 4) is 0 Å². The number of aliphatic hydroxyl groups is 10. The first kappa shape index (κ1) is 26.7. The molecule has 12 N–H and O–H groups in total. The summed E-state index contributed by atoms with van der Waals surface area (Å²) < 4.78 is 23.3. The van der Waals surface area contributed by atoms with Gasteiger partial charge in [-0.2, -0.15) is 0 Å². The Bertz CT molecular complexity index is 539. The van der Waals surface area contributed by atoms with Crippen LogP contribution in [0.3, 0.4) is 0 Å². The van der Waals surface area contributed by atoms with Crippen molar-refractivity contribution in [1.29, 1.82) is 0 Å². The monoisotopic (exact) mass is 456 g/mol. The van der Waals surface area contributed by atoms with Gasteiger partial charge >= 0.3 is 7.82 Å². The van der Waals surface area contributed by atoms with E-state index in [2.05, 4.69) is 14.0 Å². The summed E-state index contributed by atoms with van der Waals surface area (Å²) in [6, 6.07) is 0. The summed E-state index contributed by atoms with van der Waals surface area (Å²) in [6.07, 6.45) is -18.7. The van der Waals surface area contributed by atoms with Gasteiger partial charge in [-0.15, -0.1) is 0 Å². The predicted molar refractivity (Wildman–Crippen MR) is 84.0 cm³/mol. The minimum Gasteiger partial charge on any atom is -0.394 e. The van der Waals surface area contributed by atoms with E-state index >= 15 is 0 Å². The molecule has 17 heteroatoms. The molecular weight excluding hydrogens is 431 g/mol. The van der Waals surface area contributed by atoms with Crippen LogP contribution in [0.1, 0.15) is 0 Å². The van der Waals surface area contributed by atoms with Crippen molar-refractivity contribution in [2.45, 2.75) is 67.7 Å². The molecule has 11 atom stereocenters. The molecule has 29 heavy (non-hydrogen) atoms. The normalized spacial score (nSPS) is 44.6. The van der Waals surface area contributed by atoms with Gasteiger partial charge in [0.2, 0.25) is 0 Å². The topological polar surface area (TPSA) is 288 Å². The lowest BCUT2D eigenvalue weighted by Crippen LogP contribution is -2.60. The van der Waals surface area contributed by atoms with Gasteiger partial charge in [-0.3, -0.25) is 4.52 Å². The molecule has 16 nitrogen and oxygen atoms in total. The predicted octanol–water partition coefficient (Wildman–Crippen LogP) is -7.01. The van der Waals surface area contributed by atoms with Crippen molar-refractivity contribution in [2.24, 2.45) is 0 Å². The van der Waals surface area contributed by atoms with Gasteiger partial charge in [0.25, 0.3) is 0 Å². The first-order chi connectivity index (χ1) is 13.2. The minimum atomic E-state index is -5.04. The van der Waals surface area contributed by atoms with E-state index in [0.29, 0.717) is 0 Å². The highest BCUT2D eigenvalue weighted by molar-refractivity contribution is 7.46. The van der Waals surface area contributed by atoms with Crippen molar-refractivity contribution in [2.75, 3.05) is 6.61 Å². The standard InChI is InChI=1S/C6H13O10P.C6H12O6/c7-1-2(8)4(15-5(10)3(1)9)6(11)16-17(12,13)14;7-1-2-3(8)4(9)5(10)6(11)12-2/h1-11H,(H2,12,13,14);2-11H,1H2/t1-,2-,3-,4-,5-,6?;2-,3-,4+,5+,6+/m01/s1. The van der Waals surface area contributed by atoms with Crippen LogP contribution in [-0.2, 0) is 18.6 Å². The van der Waals surface area contributed by atoms with Crippen molar-refractivity contribution < 1.29 is 79.4 Å². The molecule has 0 bridgehead atoms. The Morgan fingerprint density at radius 2 is 1.21 bits per heavy atom. The fourth-order valence-corrected chi connectivity index (χ4v) is 2.81. The highest BCUT2D eigenvalue weighted by atomic mass is 31.2. The van der Waals surface area contributed by atoms with Gasteiger partial charge in [-0.05, 0) is 0 Å². The number of ether oxygens (including phenoxy) is 2. The van der Waals surface area contributed by atoms with Gasteiger partial charge in [-0.25, -0.2) is 4.57 Å². The summed E-state index contributed by atoms with van der Waals surface area (Å²) in [5.41, 5.74) is 0. The molecule has 2 heterocycles. The summed E-state index contributed by atoms with van der Waals surface area (Å²) in [5, 5.41) is 90.6. The average molecular weight is 456 g/mol. The summed E-state index contributed by atoms with van der Waals surface area (Å²) in [4.78, 5) is 16.8. The molecular formula is C12H25O16P. The molecule has 0 amide bonds. The third-order valence-corrected chi connectivity index (χ3v) is 4.51. The third-order valence-electron chi connectivity index (χ3n) is 4.02. The van der Waals surface area contributed by atoms with Crippen molar-refractivity contribution in [3.05, 3.63) is 0 Å². The third kappa shape index (κ3) is 7.08. The molecule has 0 aliphatic carbocycles. The number of hydrogen-bond donors (Lipinski definition) is 12. The van der Waals surface area contributed by atoms with E-state index in [4.69, 9.17) is 45.5 Å². The van der Waals surface area contributed by atoms with Crippen LogP contribution in [0.5, 0.6) is 0 Å². The summed E-state index contributed by atoms with van der Waals surface area (Å²) in [7, 11) is -5.04. The van der Waals surface area contributed by atoms with Crippen LogP contribution in [0.15, 0.2) is 0 Å². The average Bonchev–Trinajstić information content (AvgIpc) is 2.63. The zero-order chi connectivity index (χ0) is 22.7. The molecule has 0 spiro atoms. The quantitative estimate of drug-likeness (QED) is 0.138. The molecule has 1 unspecified atom stereocenters. The number of phosphoric acid groups is 1. The van der Waals surface area contributed by atoms with E-state index in [1.807, 2.05) is 0 Å². The Morgan fingerprint density at radius 1 is 0.759 bits per heavy atom. The fourth-order valence-electron chi connectivity index (χ4n) is 2.41. The summed E-state index contributed by atoms with van der Waals surface area (Å²) >= 11 is 0. The second kappa shape index (κ2) is 10.8. The number of rotatable bonds is 4. The molecule has 0 saturated carbocycles. The van der Waals surface area contributed by atoms with Gasteiger partial charge in [0.1, 0.15) is 48.8 Å². The summed E-state index contributed by atoms with van der Waals surface area (Å²) in [5.74, 6) is 0. The van der Waals surface area contributed by atoms with Gasteiger partial charge in [0, 0.05) is 0 Å². The van der Waals surface area contributed by atoms with Gasteiger partial charge in [0.05, 0.1) is 6.61 Å². The van der Waals surface area contributed by atoms with E-state index < -0.39 is 82.1 Å². The largest absolute Gasteiger partial charge is 0.472 e. The lowest BCUT2D eigenvalue weighted by molar-refractivity contribution is -0.314. The highest BCUT2D eigenvalue weighted by Gasteiger charge is 2.47. The van der Waals surface area contributed by atoms with E-state index in [1.54, 1.807) is 0 Å². The molecule has 2 saturated heterocycles. The van der Waals surface area contributed by atoms with Crippen LogP contribution in [0.4, 0.5) is 0 Å². The first-order valence-electron chi connectivity index (χ1n) is 7.99. The second-order valence-electron chi connectivity index (χ2n) is 6.17. The molecule has 0 aromatic rings. The smallest absolute Gasteiger partial charge is 0.394 e. The minimum absolute atomic E-state index is 0.526. The second-order valence-corrected chi connectivity index (χ2v) is 7.36. The number of phosphoric ester groups is 1. The van der Waals surface area contributed by atoms with Crippen LogP contribution in [0.2, 0.25) is 0 Å². The van der Waals surface area contributed by atoms with Gasteiger partial charge in [-0.1, -0.05) is 0 Å². The van der Waals surface area contributed by atoms with Crippen LogP contribution in [0, 0.1) is 0 Å². The van der Waals surface area contributed by atoms with Crippen molar-refractivity contribution in [3.63, 3.8) is 0 Å². The zero-order valence-corrected chi connectivity index (χ0v) is 15.4. The molecule has 0 radical (unpaired) electrons. The van der Waals surface area contributed by atoms with Crippen LogP contribution in [0.25, 0.3) is 0 Å². The Balaban J connectivity index is 0.000000308. The van der Waals surface area contributed by atoms with Crippen molar-refractivity contribution >= 4 is 7.82 Å². The maximum Gasteiger partial charge on any atom is 0.472 e. The van der Waals surface area contributed by atoms with Gasteiger partial charge in [0.15, 0.2) is 18.9 Å². The Kier molecular flexibility index (Phi) is 9.91. The lowest BCUT2D eigenvalue weighted by Gasteiger charge is -2.39. The van der Waals surface area contributed by atoms with E-state index in [-0.39, 0.29) is 0 Å². The Hall–Kier alpha value is -0.370. The maximum atomic E-state index is 10.4. The zero-order valence-electron chi connectivity index (χ0n) is 14.5. The SMILES string of the molecule is O=P(O)(O)OC(O)[C@H]1O[C@H](O)[C@@H](O)[C@@H](O)[C@@H]1O.OC[C@H]1O[C@H](O)[C@@H](O)[C@@H](O)[C@@H]1O. The maximum absolute atomic E-state index is 10.4. The van der Waals surface area contributed by atoms with E-state index in [9.17, 15) is 19.9 Å². The Labute approximate surface area is 162 Å². The molecule has 174 valence electrons. The lowest BCUT2D eigenvalue weighted by atomic mass is 9.99. The fraction of sp³-hybridized carbons (Fsp3) is 1.00. The molecule has 0 aromatic carbocycles. The summed E-state index contributed by atoms with van der Waals surface area (Å²) in [6.45, 7) is -0.526. The molecule has 0 aromatic heterocycles. The first-order valence-corrected chi connectivity index (χ1v) is 9.52. The molecule has 2 fully saturated rings. The highest BCUT2D eigenvalue weighted by Crippen LogP contribution is 2.39. The Morgan fingerprint density at radius 3 is 1.66 bits per heavy atom. The van der Waals surface area contributed by atoms with Crippen LogP contribution >= 0.6 is 7.82 Å².